The van der Waals surface area contributed by atoms with Gasteiger partial charge in [-0.05, 0) is 48.6 Å². The predicted molar refractivity (Wildman–Crippen MR) is 205 cm³/mol. The normalized spacial score (nSPS) is 11.5. The van der Waals surface area contributed by atoms with Gasteiger partial charge in [-0.3, -0.25) is 24.6 Å². The van der Waals surface area contributed by atoms with Crippen molar-refractivity contribution in [2.45, 2.75) is 6.23 Å². The van der Waals surface area contributed by atoms with Crippen LogP contribution >= 0.6 is 69.6 Å². The topological polar surface area (TPSA) is 137 Å². The molecule has 0 fully saturated rings. The summed E-state index contributed by atoms with van der Waals surface area (Å²) in [5.41, 5.74) is 2.44. The minimum atomic E-state index is -1.25. The Labute approximate surface area is 319 Å². The van der Waals surface area contributed by atoms with E-state index in [9.17, 15) is 19.5 Å². The van der Waals surface area contributed by atoms with Gasteiger partial charge in [0, 0.05) is 21.2 Å². The van der Waals surface area contributed by atoms with Gasteiger partial charge in [0.2, 0.25) is 0 Å². The third kappa shape index (κ3) is 7.69. The van der Waals surface area contributed by atoms with Crippen molar-refractivity contribution in [3.8, 4) is 11.4 Å². The predicted octanol–water partition coefficient (Wildman–Crippen LogP) is 9.25. The van der Waals surface area contributed by atoms with Crippen LogP contribution in [-0.4, -0.2) is 30.6 Å². The average molecular weight is 803 g/mol. The highest BCUT2D eigenvalue weighted by molar-refractivity contribution is 6.41. The zero-order valence-corrected chi connectivity index (χ0v) is 30.2. The van der Waals surface area contributed by atoms with Crippen LogP contribution < -0.4 is 21.8 Å². The molecule has 4 aromatic carbocycles. The van der Waals surface area contributed by atoms with E-state index in [1.165, 1.54) is 36.4 Å². The SMILES string of the molecule is O=C(Nc1[nH]n(-c2c(Cl)cc(Cl)cc2Cl)c(=O)c1C=C=Cc1c(NC(O)c2ccccc2)[nH]n(-c2c(Cl)cc(Cl)cc2Cl)c1=O)c1ccccc1. The van der Waals surface area contributed by atoms with Crippen LogP contribution in [0.15, 0.2) is 100 Å². The van der Waals surface area contributed by atoms with Crippen LogP contribution in [0.1, 0.15) is 33.3 Å². The summed E-state index contributed by atoms with van der Waals surface area (Å²) in [4.78, 5) is 40.9. The van der Waals surface area contributed by atoms with Crippen LogP contribution in [0.25, 0.3) is 23.5 Å². The van der Waals surface area contributed by atoms with E-state index in [2.05, 4.69) is 26.6 Å². The lowest BCUT2D eigenvalue weighted by Gasteiger charge is -2.13. The van der Waals surface area contributed by atoms with Gasteiger partial charge in [0.15, 0.2) is 6.23 Å². The Hall–Kier alpha value is -4.61. The van der Waals surface area contributed by atoms with E-state index < -0.39 is 23.3 Å². The van der Waals surface area contributed by atoms with Gasteiger partial charge in [0.1, 0.15) is 23.0 Å². The van der Waals surface area contributed by atoms with Gasteiger partial charge in [-0.15, -0.1) is 5.73 Å². The van der Waals surface area contributed by atoms with Gasteiger partial charge in [-0.2, -0.15) is 0 Å². The van der Waals surface area contributed by atoms with Crippen molar-refractivity contribution in [2.24, 2.45) is 0 Å². The molecule has 2 aromatic heterocycles. The number of hydrogen-bond donors (Lipinski definition) is 5. The highest BCUT2D eigenvalue weighted by Crippen LogP contribution is 2.33. The number of H-pyrrole nitrogens is 2. The van der Waals surface area contributed by atoms with E-state index in [1.54, 1.807) is 60.7 Å². The minimum absolute atomic E-state index is 0.0270. The molecule has 1 amide bonds. The van der Waals surface area contributed by atoms with Crippen molar-refractivity contribution in [3.05, 3.63) is 164 Å². The maximum Gasteiger partial charge on any atom is 0.281 e. The second-order valence-corrected chi connectivity index (χ2v) is 13.3. The Morgan fingerprint density at radius 2 is 1.12 bits per heavy atom. The molecule has 0 saturated carbocycles. The number of carbonyl (C=O) groups is 1. The minimum Gasteiger partial charge on any atom is -0.369 e. The van der Waals surface area contributed by atoms with Crippen molar-refractivity contribution in [3.63, 3.8) is 0 Å². The summed E-state index contributed by atoms with van der Waals surface area (Å²) in [7, 11) is 0. The first-order valence-corrected chi connectivity index (χ1v) is 17.0. The Balaban J connectivity index is 1.49. The van der Waals surface area contributed by atoms with Crippen LogP contribution in [0.3, 0.4) is 0 Å². The monoisotopic (exact) mass is 800 g/mol. The standard InChI is InChI=1S/C35H22Cl6N6O4/c36-20-14-24(38)28(25(39)15-20)46-34(50)22(30(44-46)42-32(48)18-8-3-1-4-9-18)12-7-13-23-31(43-33(49)19-10-5-2-6-11-19)45-47(35(23)51)29-26(40)16-21(37)17-27(29)41/h1-6,8-17,32,42,44-45,48H,(H,43,49). The smallest absolute Gasteiger partial charge is 0.281 e. The summed E-state index contributed by atoms with van der Waals surface area (Å²) in [5.74, 6) is -0.494. The first-order valence-electron chi connectivity index (χ1n) is 14.7. The maximum atomic E-state index is 13.9. The molecule has 0 radical (unpaired) electrons. The second-order valence-electron chi connectivity index (χ2n) is 10.8. The number of hydrogen-bond acceptors (Lipinski definition) is 5. The van der Waals surface area contributed by atoms with Gasteiger partial charge in [0.25, 0.3) is 17.0 Å². The maximum absolute atomic E-state index is 13.9. The molecule has 0 saturated heterocycles. The Morgan fingerprint density at radius 3 is 1.61 bits per heavy atom. The largest absolute Gasteiger partial charge is 0.369 e. The van der Waals surface area contributed by atoms with Crippen LogP contribution in [0, 0.1) is 0 Å². The molecule has 258 valence electrons. The fraction of sp³-hybridized carbons (Fsp3) is 0.0286. The highest BCUT2D eigenvalue weighted by Gasteiger charge is 2.22. The van der Waals surface area contributed by atoms with Crippen LogP contribution in [-0.2, 0) is 0 Å². The summed E-state index contributed by atoms with van der Waals surface area (Å²) in [5, 5.41) is 23.0. The van der Waals surface area contributed by atoms with Crippen molar-refractivity contribution < 1.29 is 9.90 Å². The first kappa shape index (κ1) is 36.2. The number of halogens is 6. The van der Waals surface area contributed by atoms with Crippen LogP contribution in [0.2, 0.25) is 30.1 Å². The Bertz CT molecular complexity index is 2420. The number of aromatic nitrogens is 4. The first-order chi connectivity index (χ1) is 24.4. The molecule has 1 unspecified atom stereocenters. The van der Waals surface area contributed by atoms with Crippen molar-refractivity contribution in [2.75, 3.05) is 10.6 Å². The third-order valence-electron chi connectivity index (χ3n) is 7.39. The molecule has 1 atom stereocenters. The molecule has 6 rings (SSSR count). The van der Waals surface area contributed by atoms with Gasteiger partial charge in [0.05, 0.1) is 31.2 Å². The molecular formula is C35H22Cl6N6O4. The molecule has 0 aliphatic rings. The number of carbonyl (C=O) groups excluding carboxylic acids is 1. The zero-order valence-electron chi connectivity index (χ0n) is 25.6. The summed E-state index contributed by atoms with van der Waals surface area (Å²) < 4.78 is 2.13. The van der Waals surface area contributed by atoms with E-state index in [0.717, 1.165) is 9.36 Å². The van der Waals surface area contributed by atoms with Gasteiger partial charge >= 0.3 is 0 Å². The summed E-state index contributed by atoms with van der Waals surface area (Å²) in [6, 6.07) is 22.6. The third-order valence-corrected chi connectivity index (χ3v) is 8.98. The average Bonchev–Trinajstić information content (AvgIpc) is 3.55. The zero-order chi connectivity index (χ0) is 36.4. The fourth-order valence-corrected chi connectivity index (χ4v) is 7.00. The summed E-state index contributed by atoms with van der Waals surface area (Å²) in [6.07, 6.45) is 1.27. The van der Waals surface area contributed by atoms with Gasteiger partial charge in [-0.1, -0.05) is 118 Å². The van der Waals surface area contributed by atoms with Crippen molar-refractivity contribution >= 4 is 99.3 Å². The molecule has 10 nitrogen and oxygen atoms in total. The molecule has 6 aromatic rings. The van der Waals surface area contributed by atoms with Crippen molar-refractivity contribution in [1.82, 2.24) is 19.6 Å². The lowest BCUT2D eigenvalue weighted by Crippen LogP contribution is -2.17. The van der Waals surface area contributed by atoms with E-state index >= 15 is 0 Å². The molecule has 0 bridgehead atoms. The molecular weight excluding hydrogens is 781 g/mol. The Morgan fingerprint density at radius 1 is 0.686 bits per heavy atom. The summed E-state index contributed by atoms with van der Waals surface area (Å²) >= 11 is 37.9. The number of aromatic amines is 2. The molecule has 0 aliphatic carbocycles. The Kier molecular flexibility index (Phi) is 10.9. The van der Waals surface area contributed by atoms with E-state index in [4.69, 9.17) is 69.6 Å². The number of aliphatic hydroxyl groups excluding tert-OH is 1. The number of nitrogens with zero attached hydrogens (tertiary/aromatic N) is 2. The highest BCUT2D eigenvalue weighted by atomic mass is 35.5. The molecule has 2 heterocycles. The van der Waals surface area contributed by atoms with E-state index in [1.807, 2.05) is 0 Å². The number of nitrogens with one attached hydrogen (secondary N) is 4. The number of anilines is 2. The molecule has 0 spiro atoms. The lowest BCUT2D eigenvalue weighted by molar-refractivity contribution is 0.102. The van der Waals surface area contributed by atoms with Gasteiger partial charge in [-0.25, -0.2) is 9.36 Å². The number of rotatable bonds is 9. The van der Waals surface area contributed by atoms with Crippen LogP contribution in [0.5, 0.6) is 0 Å². The van der Waals surface area contributed by atoms with E-state index in [0.29, 0.717) is 11.1 Å². The quantitative estimate of drug-likeness (QED) is 0.0734. The summed E-state index contributed by atoms with van der Waals surface area (Å²) in [6.45, 7) is 0. The number of amides is 1. The molecule has 5 N–H and O–H groups in total. The van der Waals surface area contributed by atoms with Gasteiger partial charge < -0.3 is 15.7 Å². The lowest BCUT2D eigenvalue weighted by atomic mass is 10.2. The van der Waals surface area contributed by atoms with E-state index in [-0.39, 0.29) is 64.3 Å². The second kappa shape index (κ2) is 15.3. The number of aliphatic hydroxyl groups is 1. The molecule has 0 aliphatic heterocycles. The molecule has 16 heteroatoms. The van der Waals surface area contributed by atoms with Crippen LogP contribution in [0.4, 0.5) is 11.6 Å². The fourth-order valence-electron chi connectivity index (χ4n) is 5.02. The molecule has 51 heavy (non-hydrogen) atoms. The number of benzene rings is 4. The van der Waals surface area contributed by atoms with Crippen molar-refractivity contribution in [1.29, 1.82) is 0 Å².